The first kappa shape index (κ1) is 14.5. The number of piperidine rings is 1. The second-order valence-electron chi connectivity index (χ2n) is 4.81. The zero-order valence-electron chi connectivity index (χ0n) is 11.4. The molecule has 4 nitrogen and oxygen atoms in total. The molecule has 1 aliphatic rings. The molecule has 0 saturated carbocycles. The number of nitrogens with one attached hydrogen (secondary N) is 1. The van der Waals surface area contributed by atoms with Crippen molar-refractivity contribution in [3.8, 4) is 0 Å². The molecule has 1 heterocycles. The lowest BCUT2D eigenvalue weighted by Gasteiger charge is -2.33. The molecule has 1 atom stereocenters. The van der Waals surface area contributed by atoms with E-state index in [1.54, 1.807) is 7.11 Å². The van der Waals surface area contributed by atoms with E-state index < -0.39 is 0 Å². The smallest absolute Gasteiger partial charge is 0.226 e. The van der Waals surface area contributed by atoms with Gasteiger partial charge in [-0.05, 0) is 39.3 Å². The third-order valence-corrected chi connectivity index (χ3v) is 3.63. The van der Waals surface area contributed by atoms with E-state index in [9.17, 15) is 4.79 Å². The fourth-order valence-electron chi connectivity index (χ4n) is 2.26. The summed E-state index contributed by atoms with van der Waals surface area (Å²) in [5, 5.41) is 3.30. The zero-order chi connectivity index (χ0) is 12.7. The van der Waals surface area contributed by atoms with Crippen molar-refractivity contribution in [2.24, 2.45) is 5.92 Å². The molecule has 1 fully saturated rings. The first-order valence-corrected chi connectivity index (χ1v) is 6.70. The molecule has 1 rings (SSSR count). The minimum Gasteiger partial charge on any atom is -0.383 e. The summed E-state index contributed by atoms with van der Waals surface area (Å²) in [6.07, 6.45) is 2.94. The van der Waals surface area contributed by atoms with Crippen molar-refractivity contribution in [1.29, 1.82) is 0 Å². The van der Waals surface area contributed by atoms with Gasteiger partial charge in [-0.25, -0.2) is 0 Å². The first-order chi connectivity index (χ1) is 8.20. The largest absolute Gasteiger partial charge is 0.383 e. The van der Waals surface area contributed by atoms with E-state index in [2.05, 4.69) is 19.2 Å². The third kappa shape index (κ3) is 4.28. The van der Waals surface area contributed by atoms with Gasteiger partial charge in [-0.2, -0.15) is 0 Å². The number of nitrogens with zero attached hydrogens (tertiary/aromatic N) is 1. The van der Waals surface area contributed by atoms with Gasteiger partial charge in [-0.15, -0.1) is 0 Å². The molecule has 0 radical (unpaired) electrons. The van der Waals surface area contributed by atoms with Crippen LogP contribution in [0.15, 0.2) is 0 Å². The molecule has 0 spiro atoms. The van der Waals surface area contributed by atoms with Gasteiger partial charge in [-0.1, -0.05) is 6.92 Å². The maximum absolute atomic E-state index is 12.4. The minimum absolute atomic E-state index is 0.210. The lowest BCUT2D eigenvalue weighted by Crippen LogP contribution is -2.46. The predicted molar refractivity (Wildman–Crippen MR) is 68.9 cm³/mol. The van der Waals surface area contributed by atoms with Gasteiger partial charge in [0.25, 0.3) is 0 Å². The molecular formula is C13H26N2O2. The molecule has 1 unspecified atom stereocenters. The van der Waals surface area contributed by atoms with Crippen LogP contribution in [0.4, 0.5) is 0 Å². The van der Waals surface area contributed by atoms with Crippen LogP contribution >= 0.6 is 0 Å². The molecular weight excluding hydrogens is 216 g/mol. The van der Waals surface area contributed by atoms with E-state index >= 15 is 0 Å². The average molecular weight is 242 g/mol. The number of carbonyl (C=O) groups is 1. The highest BCUT2D eigenvalue weighted by Crippen LogP contribution is 2.17. The summed E-state index contributed by atoms with van der Waals surface area (Å²) >= 11 is 0. The van der Waals surface area contributed by atoms with Crippen molar-refractivity contribution in [3.63, 3.8) is 0 Å². The fourth-order valence-corrected chi connectivity index (χ4v) is 2.26. The van der Waals surface area contributed by atoms with E-state index in [1.807, 2.05) is 4.90 Å². The Kier molecular flexibility index (Phi) is 6.52. The van der Waals surface area contributed by atoms with Crippen LogP contribution in [0.25, 0.3) is 0 Å². The second kappa shape index (κ2) is 7.67. The van der Waals surface area contributed by atoms with Crippen LogP contribution in [-0.4, -0.2) is 50.2 Å². The Morgan fingerprint density at radius 1 is 1.47 bits per heavy atom. The second-order valence-corrected chi connectivity index (χ2v) is 4.81. The third-order valence-electron chi connectivity index (χ3n) is 3.63. The van der Waals surface area contributed by atoms with E-state index in [0.29, 0.717) is 25.1 Å². The van der Waals surface area contributed by atoms with Crippen LogP contribution < -0.4 is 5.32 Å². The van der Waals surface area contributed by atoms with Crippen molar-refractivity contribution in [3.05, 3.63) is 0 Å². The molecule has 0 aliphatic carbocycles. The Bertz CT molecular complexity index is 227. The fraction of sp³-hybridized carbons (Fsp3) is 0.923. The Hall–Kier alpha value is -0.610. The number of rotatable bonds is 6. The SMILES string of the molecule is CCC(C)N(CCOC)C(=O)C1CCNCC1. The van der Waals surface area contributed by atoms with Crippen LogP contribution in [0.2, 0.25) is 0 Å². The Morgan fingerprint density at radius 2 is 2.12 bits per heavy atom. The van der Waals surface area contributed by atoms with Crippen molar-refractivity contribution in [1.82, 2.24) is 10.2 Å². The molecule has 0 aromatic rings. The monoisotopic (exact) mass is 242 g/mol. The van der Waals surface area contributed by atoms with Gasteiger partial charge in [0.05, 0.1) is 6.61 Å². The summed E-state index contributed by atoms with van der Waals surface area (Å²) < 4.78 is 5.10. The van der Waals surface area contributed by atoms with Crippen molar-refractivity contribution in [2.45, 2.75) is 39.2 Å². The summed E-state index contributed by atoms with van der Waals surface area (Å²) in [6, 6.07) is 0.313. The molecule has 1 amide bonds. The number of hydrogen-bond acceptors (Lipinski definition) is 3. The highest BCUT2D eigenvalue weighted by atomic mass is 16.5. The minimum atomic E-state index is 0.210. The lowest BCUT2D eigenvalue weighted by molar-refractivity contribution is -0.139. The number of ether oxygens (including phenoxy) is 1. The molecule has 1 aliphatic heterocycles. The molecule has 0 bridgehead atoms. The van der Waals surface area contributed by atoms with Crippen LogP contribution in [0.5, 0.6) is 0 Å². The Balaban J connectivity index is 2.56. The number of carbonyl (C=O) groups excluding carboxylic acids is 1. The summed E-state index contributed by atoms with van der Waals surface area (Å²) in [4.78, 5) is 14.4. The number of methoxy groups -OCH3 is 1. The molecule has 4 heteroatoms. The van der Waals surface area contributed by atoms with Gasteiger partial charge in [-0.3, -0.25) is 4.79 Å². The Labute approximate surface area is 105 Å². The quantitative estimate of drug-likeness (QED) is 0.762. The van der Waals surface area contributed by atoms with Gasteiger partial charge >= 0.3 is 0 Å². The van der Waals surface area contributed by atoms with E-state index in [0.717, 1.165) is 32.4 Å². The molecule has 1 N–H and O–H groups in total. The van der Waals surface area contributed by atoms with E-state index in [-0.39, 0.29) is 5.92 Å². The molecule has 0 aromatic heterocycles. The molecule has 0 aromatic carbocycles. The van der Waals surface area contributed by atoms with Crippen LogP contribution in [0.3, 0.4) is 0 Å². The first-order valence-electron chi connectivity index (χ1n) is 6.70. The molecule has 17 heavy (non-hydrogen) atoms. The number of amides is 1. The highest BCUT2D eigenvalue weighted by Gasteiger charge is 2.27. The Morgan fingerprint density at radius 3 is 2.65 bits per heavy atom. The van der Waals surface area contributed by atoms with Gasteiger partial charge in [0.15, 0.2) is 0 Å². The lowest BCUT2D eigenvalue weighted by atomic mass is 9.95. The van der Waals surface area contributed by atoms with Gasteiger partial charge in [0, 0.05) is 25.6 Å². The summed E-state index contributed by atoms with van der Waals surface area (Å²) in [6.45, 7) is 7.52. The molecule has 100 valence electrons. The number of hydrogen-bond donors (Lipinski definition) is 1. The normalized spacial score (nSPS) is 19.0. The van der Waals surface area contributed by atoms with Crippen molar-refractivity contribution >= 4 is 5.91 Å². The summed E-state index contributed by atoms with van der Waals surface area (Å²) in [7, 11) is 1.68. The zero-order valence-corrected chi connectivity index (χ0v) is 11.4. The topological polar surface area (TPSA) is 41.6 Å². The van der Waals surface area contributed by atoms with E-state index in [1.165, 1.54) is 0 Å². The van der Waals surface area contributed by atoms with Crippen LogP contribution in [0.1, 0.15) is 33.1 Å². The van der Waals surface area contributed by atoms with E-state index in [4.69, 9.17) is 4.74 Å². The van der Waals surface area contributed by atoms with Gasteiger partial charge in [0.2, 0.25) is 5.91 Å². The molecule has 1 saturated heterocycles. The standard InChI is InChI=1S/C13H26N2O2/c1-4-11(2)15(9-10-17-3)13(16)12-5-7-14-8-6-12/h11-12,14H,4-10H2,1-3H3. The summed E-state index contributed by atoms with van der Waals surface area (Å²) in [5.74, 6) is 0.528. The predicted octanol–water partition coefficient (Wildman–Crippen LogP) is 1.26. The van der Waals surface area contributed by atoms with Gasteiger partial charge in [0.1, 0.15) is 0 Å². The average Bonchev–Trinajstić information content (AvgIpc) is 2.39. The maximum atomic E-state index is 12.4. The van der Waals surface area contributed by atoms with Gasteiger partial charge < -0.3 is 15.0 Å². The van der Waals surface area contributed by atoms with Crippen LogP contribution in [-0.2, 0) is 9.53 Å². The van der Waals surface area contributed by atoms with Crippen molar-refractivity contribution < 1.29 is 9.53 Å². The van der Waals surface area contributed by atoms with Crippen molar-refractivity contribution in [2.75, 3.05) is 33.4 Å². The highest BCUT2D eigenvalue weighted by molar-refractivity contribution is 5.79. The van der Waals surface area contributed by atoms with Crippen LogP contribution in [0, 0.1) is 5.92 Å². The maximum Gasteiger partial charge on any atom is 0.226 e. The summed E-state index contributed by atoms with van der Waals surface area (Å²) in [5.41, 5.74) is 0.